The van der Waals surface area contributed by atoms with Crippen molar-refractivity contribution in [2.45, 2.75) is 10.9 Å². The predicted octanol–water partition coefficient (Wildman–Crippen LogP) is 2.08. The third-order valence-corrected chi connectivity index (χ3v) is 3.92. The summed E-state index contributed by atoms with van der Waals surface area (Å²) < 4.78 is 12.8. The van der Waals surface area contributed by atoms with Crippen LogP contribution in [0.5, 0.6) is 0 Å². The predicted molar refractivity (Wildman–Crippen MR) is 72.8 cm³/mol. The Kier molecular flexibility index (Phi) is 3.00. The van der Waals surface area contributed by atoms with Crippen molar-refractivity contribution in [3.63, 3.8) is 0 Å². The molecule has 0 aliphatic rings. The first-order chi connectivity index (χ1) is 9.25. The monoisotopic (exact) mass is 272 g/mol. The summed E-state index contributed by atoms with van der Waals surface area (Å²) in [6.07, 6.45) is 1.63. The van der Waals surface area contributed by atoms with Gasteiger partial charge in [-0.15, -0.1) is 0 Å². The van der Waals surface area contributed by atoms with Gasteiger partial charge in [0.15, 0.2) is 5.16 Å². The van der Waals surface area contributed by atoms with Gasteiger partial charge in [0.05, 0.1) is 33.3 Å². The number of hydrogen-bond acceptors (Lipinski definition) is 4. The molecule has 0 fully saturated rings. The SMILES string of the molecule is O=S(Cc1ccccn1)c1nc2ccccc2n1[O-]. The molecule has 96 valence electrons. The van der Waals surface area contributed by atoms with Gasteiger partial charge < -0.3 is 9.94 Å². The van der Waals surface area contributed by atoms with E-state index < -0.39 is 10.8 Å². The molecule has 6 heteroatoms. The van der Waals surface area contributed by atoms with Crippen molar-refractivity contribution in [3.05, 3.63) is 59.6 Å². The minimum atomic E-state index is -1.50. The fourth-order valence-corrected chi connectivity index (χ4v) is 2.86. The van der Waals surface area contributed by atoms with E-state index in [4.69, 9.17) is 0 Å². The van der Waals surface area contributed by atoms with Crippen molar-refractivity contribution in [3.8, 4) is 0 Å². The maximum absolute atomic E-state index is 12.2. The summed E-state index contributed by atoms with van der Waals surface area (Å²) in [6.45, 7) is 0. The topological polar surface area (TPSA) is 70.8 Å². The van der Waals surface area contributed by atoms with Crippen LogP contribution in [0.3, 0.4) is 0 Å². The minimum Gasteiger partial charge on any atom is -0.804 e. The molecule has 0 amide bonds. The first-order valence-electron chi connectivity index (χ1n) is 5.69. The highest BCUT2D eigenvalue weighted by atomic mass is 32.2. The van der Waals surface area contributed by atoms with Crippen molar-refractivity contribution >= 4 is 21.8 Å². The van der Waals surface area contributed by atoms with Crippen LogP contribution in [0.2, 0.25) is 0 Å². The Morgan fingerprint density at radius 1 is 1.16 bits per heavy atom. The van der Waals surface area contributed by atoms with Crippen molar-refractivity contribution in [2.75, 3.05) is 0 Å². The third-order valence-electron chi connectivity index (χ3n) is 2.70. The van der Waals surface area contributed by atoms with Crippen LogP contribution >= 0.6 is 0 Å². The standard InChI is InChI=1S/C13H10N3O2S/c17-16-12-7-2-1-6-11(12)15-13(16)19(18)9-10-5-3-4-8-14-10/h1-8H,9H2/q-1. The number of rotatable bonds is 3. The van der Waals surface area contributed by atoms with E-state index >= 15 is 0 Å². The molecule has 0 radical (unpaired) electrons. The fourth-order valence-electron chi connectivity index (χ4n) is 1.81. The minimum absolute atomic E-state index is 0.0341. The quantitative estimate of drug-likeness (QED) is 0.732. The third kappa shape index (κ3) is 2.22. The van der Waals surface area contributed by atoms with Crippen molar-refractivity contribution in [2.24, 2.45) is 0 Å². The molecule has 2 aromatic heterocycles. The zero-order chi connectivity index (χ0) is 13.2. The van der Waals surface area contributed by atoms with E-state index in [0.717, 1.165) is 0 Å². The Morgan fingerprint density at radius 3 is 2.68 bits per heavy atom. The van der Waals surface area contributed by atoms with E-state index in [0.29, 0.717) is 21.5 Å². The van der Waals surface area contributed by atoms with E-state index in [9.17, 15) is 9.42 Å². The number of para-hydroxylation sites is 2. The molecule has 0 bridgehead atoms. The number of aromatic nitrogens is 3. The van der Waals surface area contributed by atoms with Crippen molar-refractivity contribution in [1.82, 2.24) is 14.7 Å². The Balaban J connectivity index is 1.96. The molecule has 5 nitrogen and oxygen atoms in total. The lowest BCUT2D eigenvalue weighted by Crippen LogP contribution is -2.04. The number of pyridine rings is 1. The lowest BCUT2D eigenvalue weighted by atomic mass is 10.3. The number of fused-ring (bicyclic) bond motifs is 1. The molecule has 1 atom stereocenters. The van der Waals surface area contributed by atoms with Gasteiger partial charge in [-0.1, -0.05) is 18.2 Å². The van der Waals surface area contributed by atoms with E-state index in [1.54, 1.807) is 42.6 Å². The second-order valence-electron chi connectivity index (χ2n) is 3.99. The molecule has 0 saturated carbocycles. The Morgan fingerprint density at radius 2 is 1.95 bits per heavy atom. The lowest BCUT2D eigenvalue weighted by molar-refractivity contribution is 0.673. The normalized spacial score (nSPS) is 12.6. The van der Waals surface area contributed by atoms with Crippen LogP contribution in [-0.2, 0) is 16.6 Å². The molecule has 1 aromatic carbocycles. The van der Waals surface area contributed by atoms with Crippen LogP contribution in [0, 0.1) is 5.21 Å². The van der Waals surface area contributed by atoms with Crippen molar-refractivity contribution < 1.29 is 4.21 Å². The van der Waals surface area contributed by atoms with Gasteiger partial charge in [0.25, 0.3) is 0 Å². The average Bonchev–Trinajstić information content (AvgIpc) is 2.78. The highest BCUT2D eigenvalue weighted by Gasteiger charge is 2.12. The summed E-state index contributed by atoms with van der Waals surface area (Å²) in [5, 5.41) is 12.0. The highest BCUT2D eigenvalue weighted by Crippen LogP contribution is 2.18. The molecule has 1 unspecified atom stereocenters. The number of benzene rings is 1. The smallest absolute Gasteiger partial charge is 0.195 e. The summed E-state index contributed by atoms with van der Waals surface area (Å²) in [5.41, 5.74) is 1.67. The molecule has 0 aliphatic heterocycles. The van der Waals surface area contributed by atoms with Gasteiger partial charge in [-0.05, 0) is 24.3 Å². The molecule has 2 heterocycles. The van der Waals surface area contributed by atoms with Gasteiger partial charge in [0, 0.05) is 6.20 Å². The van der Waals surface area contributed by atoms with Crippen LogP contribution in [0.4, 0.5) is 0 Å². The summed E-state index contributed by atoms with van der Waals surface area (Å²) in [7, 11) is -1.50. The van der Waals surface area contributed by atoms with E-state index in [-0.39, 0.29) is 10.9 Å². The summed E-state index contributed by atoms with van der Waals surface area (Å²) >= 11 is 0. The maximum atomic E-state index is 12.2. The summed E-state index contributed by atoms with van der Waals surface area (Å²) in [6, 6.07) is 12.3. The molecule has 3 rings (SSSR count). The van der Waals surface area contributed by atoms with Crippen LogP contribution in [0.1, 0.15) is 5.69 Å². The van der Waals surface area contributed by atoms with Crippen LogP contribution in [-0.4, -0.2) is 18.9 Å². The van der Waals surface area contributed by atoms with Gasteiger partial charge in [-0.3, -0.25) is 9.19 Å². The van der Waals surface area contributed by atoms with E-state index in [1.807, 2.05) is 6.07 Å². The maximum Gasteiger partial charge on any atom is 0.195 e. The van der Waals surface area contributed by atoms with Crippen LogP contribution in [0.15, 0.2) is 53.8 Å². The molecule has 0 saturated heterocycles. The Hall–Kier alpha value is -2.21. The Bertz CT molecular complexity index is 740. The molecule has 19 heavy (non-hydrogen) atoms. The Labute approximate surface area is 112 Å². The van der Waals surface area contributed by atoms with Gasteiger partial charge in [0.1, 0.15) is 0 Å². The average molecular weight is 272 g/mol. The largest absolute Gasteiger partial charge is 0.804 e. The zero-order valence-electron chi connectivity index (χ0n) is 9.89. The van der Waals surface area contributed by atoms with Crippen LogP contribution in [0.25, 0.3) is 11.0 Å². The molecule has 0 N–H and O–H groups in total. The second-order valence-corrected chi connectivity index (χ2v) is 5.33. The van der Waals surface area contributed by atoms with E-state index in [2.05, 4.69) is 9.97 Å². The van der Waals surface area contributed by atoms with Gasteiger partial charge in [0.2, 0.25) is 0 Å². The highest BCUT2D eigenvalue weighted by molar-refractivity contribution is 7.84. The number of imidazole rings is 1. The van der Waals surface area contributed by atoms with Crippen LogP contribution < -0.4 is 0 Å². The second kappa shape index (κ2) is 4.81. The molecule has 0 spiro atoms. The molecule has 3 aromatic rings. The van der Waals surface area contributed by atoms with Crippen molar-refractivity contribution in [1.29, 1.82) is 0 Å². The molecular weight excluding hydrogens is 262 g/mol. The van der Waals surface area contributed by atoms with E-state index in [1.165, 1.54) is 0 Å². The summed E-state index contributed by atoms with van der Waals surface area (Å²) in [4.78, 5) is 8.23. The first kappa shape index (κ1) is 11.9. The van der Waals surface area contributed by atoms with Gasteiger partial charge >= 0.3 is 0 Å². The van der Waals surface area contributed by atoms with Gasteiger partial charge in [-0.2, -0.15) is 0 Å². The zero-order valence-corrected chi connectivity index (χ0v) is 10.7. The number of nitrogens with zero attached hydrogens (tertiary/aromatic N) is 3. The first-order valence-corrected chi connectivity index (χ1v) is 7.01. The van der Waals surface area contributed by atoms with Gasteiger partial charge in [-0.25, -0.2) is 4.98 Å². The lowest BCUT2D eigenvalue weighted by Gasteiger charge is -2.11. The number of hydrogen-bond donors (Lipinski definition) is 0. The summed E-state index contributed by atoms with van der Waals surface area (Å²) in [5.74, 6) is 0.187. The fraction of sp³-hybridized carbons (Fsp3) is 0.0769. The molecular formula is C13H10N3O2S-. The molecule has 0 aliphatic carbocycles.